The molecule has 0 saturated carbocycles. The molecule has 4 atom stereocenters. The lowest BCUT2D eigenvalue weighted by Gasteiger charge is -2.43. The van der Waals surface area contributed by atoms with Crippen molar-refractivity contribution in [1.82, 2.24) is 4.90 Å². The third-order valence-corrected chi connectivity index (χ3v) is 4.79. The van der Waals surface area contributed by atoms with E-state index in [0.717, 1.165) is 25.8 Å². The van der Waals surface area contributed by atoms with Gasteiger partial charge in [-0.05, 0) is 51.5 Å². The molecule has 5 nitrogen and oxygen atoms in total. The van der Waals surface area contributed by atoms with E-state index >= 15 is 0 Å². The van der Waals surface area contributed by atoms with E-state index in [1.807, 2.05) is 4.90 Å². The number of β-amino-alcohol motifs (C(OH)–C–C–N with tert-alkyl or cyclic N) is 1. The van der Waals surface area contributed by atoms with Gasteiger partial charge in [0.05, 0.1) is 18.8 Å². The summed E-state index contributed by atoms with van der Waals surface area (Å²) in [6, 6.07) is -0.475. The quantitative estimate of drug-likeness (QED) is 0.422. The molecular formula is C16H29NO4. The molecule has 4 N–H and O–H groups in total. The molecule has 2 rings (SSSR count). The van der Waals surface area contributed by atoms with Crippen LogP contribution >= 0.6 is 0 Å². The second-order valence-electron chi connectivity index (χ2n) is 6.36. The molecule has 0 aromatic carbocycles. The molecule has 0 amide bonds. The lowest BCUT2D eigenvalue weighted by molar-refractivity contribution is -0.145. The van der Waals surface area contributed by atoms with E-state index in [1.165, 1.54) is 25.7 Å². The molecule has 0 aromatic rings. The molecule has 0 radical (unpaired) electrons. The molecule has 122 valence electrons. The van der Waals surface area contributed by atoms with Gasteiger partial charge in [-0.1, -0.05) is 11.6 Å². The van der Waals surface area contributed by atoms with Gasteiger partial charge < -0.3 is 20.4 Å². The Hall–Kier alpha value is -0.460. The molecule has 0 bridgehead atoms. The zero-order chi connectivity index (χ0) is 15.2. The van der Waals surface area contributed by atoms with Crippen LogP contribution in [0.5, 0.6) is 0 Å². The van der Waals surface area contributed by atoms with Crippen molar-refractivity contribution < 1.29 is 20.4 Å². The minimum atomic E-state index is -1.16. The molecule has 1 saturated heterocycles. The van der Waals surface area contributed by atoms with E-state index in [-0.39, 0.29) is 6.61 Å². The van der Waals surface area contributed by atoms with E-state index in [1.54, 1.807) is 5.57 Å². The molecule has 21 heavy (non-hydrogen) atoms. The Morgan fingerprint density at radius 2 is 1.90 bits per heavy atom. The third kappa shape index (κ3) is 4.50. The number of hydrogen-bond donors (Lipinski definition) is 4. The van der Waals surface area contributed by atoms with Crippen LogP contribution in [0.4, 0.5) is 0 Å². The summed E-state index contributed by atoms with van der Waals surface area (Å²) in [5.41, 5.74) is 1.56. The van der Waals surface area contributed by atoms with Crippen molar-refractivity contribution in [2.75, 3.05) is 19.7 Å². The summed E-state index contributed by atoms with van der Waals surface area (Å²) >= 11 is 0. The van der Waals surface area contributed by atoms with Gasteiger partial charge in [0.15, 0.2) is 0 Å². The SMILES string of the molecule is OC[C@@H]1[C@@H](O)[C@H](O)[C@@H](O)CN1CCCCC1=CCCCC1. The number of likely N-dealkylation sites (tertiary alicyclic amines) is 1. The van der Waals surface area contributed by atoms with Gasteiger partial charge >= 0.3 is 0 Å². The Balaban J connectivity index is 1.74. The van der Waals surface area contributed by atoms with E-state index in [2.05, 4.69) is 6.08 Å². The van der Waals surface area contributed by atoms with Crippen LogP contribution < -0.4 is 0 Å². The average molecular weight is 299 g/mol. The first-order valence-electron chi connectivity index (χ1n) is 8.20. The van der Waals surface area contributed by atoms with Gasteiger partial charge in [0.2, 0.25) is 0 Å². The number of unbranched alkanes of at least 4 members (excludes halogenated alkanes) is 1. The fourth-order valence-corrected chi connectivity index (χ4v) is 3.43. The monoisotopic (exact) mass is 299 g/mol. The van der Waals surface area contributed by atoms with Crippen LogP contribution in [0.1, 0.15) is 44.9 Å². The lowest BCUT2D eigenvalue weighted by Crippen LogP contribution is -2.62. The summed E-state index contributed by atoms with van der Waals surface area (Å²) < 4.78 is 0. The number of piperidine rings is 1. The smallest absolute Gasteiger partial charge is 0.109 e. The highest BCUT2D eigenvalue weighted by atomic mass is 16.4. The molecule has 0 spiro atoms. The van der Waals surface area contributed by atoms with Crippen LogP contribution in [-0.2, 0) is 0 Å². The van der Waals surface area contributed by atoms with Gasteiger partial charge in [-0.25, -0.2) is 0 Å². The van der Waals surface area contributed by atoms with Crippen LogP contribution in [0.3, 0.4) is 0 Å². The molecular weight excluding hydrogens is 270 g/mol. The van der Waals surface area contributed by atoms with Crippen molar-refractivity contribution in [2.45, 2.75) is 69.3 Å². The minimum Gasteiger partial charge on any atom is -0.395 e. The van der Waals surface area contributed by atoms with Gasteiger partial charge in [-0.3, -0.25) is 4.90 Å². The van der Waals surface area contributed by atoms with Gasteiger partial charge in [-0.2, -0.15) is 0 Å². The van der Waals surface area contributed by atoms with Crippen molar-refractivity contribution in [3.63, 3.8) is 0 Å². The van der Waals surface area contributed by atoms with E-state index in [4.69, 9.17) is 0 Å². The molecule has 1 fully saturated rings. The standard InChI is InChI=1S/C16H29NO4/c18-11-13-15(20)16(21)14(19)10-17(13)9-5-4-8-12-6-2-1-3-7-12/h6,13-16,18-21H,1-5,7-11H2/t13-,14+,15-,16-/m1/s1. The number of hydrogen-bond acceptors (Lipinski definition) is 5. The molecule has 1 heterocycles. The van der Waals surface area contributed by atoms with Crippen molar-refractivity contribution in [3.05, 3.63) is 11.6 Å². The van der Waals surface area contributed by atoms with Crippen LogP contribution in [0.15, 0.2) is 11.6 Å². The Kier molecular flexibility index (Phi) is 6.64. The summed E-state index contributed by atoms with van der Waals surface area (Å²) in [5.74, 6) is 0. The highest BCUT2D eigenvalue weighted by Gasteiger charge is 2.40. The maximum atomic E-state index is 9.92. The number of nitrogens with zero attached hydrogens (tertiary/aromatic N) is 1. The Morgan fingerprint density at radius 3 is 2.57 bits per heavy atom. The van der Waals surface area contributed by atoms with Gasteiger partial charge in [0.1, 0.15) is 12.2 Å². The minimum absolute atomic E-state index is 0.198. The number of allylic oxidation sites excluding steroid dienone is 2. The molecule has 0 unspecified atom stereocenters. The predicted molar refractivity (Wildman–Crippen MR) is 80.9 cm³/mol. The number of rotatable bonds is 6. The Labute approximate surface area is 126 Å². The molecule has 1 aliphatic heterocycles. The second kappa shape index (κ2) is 8.25. The fraction of sp³-hybridized carbons (Fsp3) is 0.875. The topological polar surface area (TPSA) is 84.2 Å². The van der Waals surface area contributed by atoms with Gasteiger partial charge in [-0.15, -0.1) is 0 Å². The normalized spacial score (nSPS) is 34.8. The highest BCUT2D eigenvalue weighted by molar-refractivity contribution is 5.04. The average Bonchev–Trinajstić information content (AvgIpc) is 2.50. The van der Waals surface area contributed by atoms with Crippen molar-refractivity contribution >= 4 is 0 Å². The summed E-state index contributed by atoms with van der Waals surface area (Å²) in [6.45, 7) is 0.849. The second-order valence-corrected chi connectivity index (χ2v) is 6.36. The van der Waals surface area contributed by atoms with Crippen molar-refractivity contribution in [2.24, 2.45) is 0 Å². The Bertz CT molecular complexity index is 347. The van der Waals surface area contributed by atoms with E-state index in [9.17, 15) is 20.4 Å². The summed E-state index contributed by atoms with van der Waals surface area (Å²) in [4.78, 5) is 1.90. The van der Waals surface area contributed by atoms with Crippen LogP contribution in [0.2, 0.25) is 0 Å². The largest absolute Gasteiger partial charge is 0.395 e. The van der Waals surface area contributed by atoms with Crippen molar-refractivity contribution in [1.29, 1.82) is 0 Å². The highest BCUT2D eigenvalue weighted by Crippen LogP contribution is 2.23. The molecule has 0 aromatic heterocycles. The number of aliphatic hydroxyl groups is 4. The van der Waals surface area contributed by atoms with Crippen LogP contribution in [-0.4, -0.2) is 69.4 Å². The van der Waals surface area contributed by atoms with Gasteiger partial charge in [0, 0.05) is 6.54 Å². The summed E-state index contributed by atoms with van der Waals surface area (Å²) in [5, 5.41) is 38.7. The fourth-order valence-electron chi connectivity index (χ4n) is 3.43. The molecule has 5 heteroatoms. The Morgan fingerprint density at radius 1 is 1.10 bits per heavy atom. The summed E-state index contributed by atoms with van der Waals surface area (Å²) in [6.07, 6.45) is 7.44. The first-order chi connectivity index (χ1) is 10.1. The molecule has 1 aliphatic carbocycles. The third-order valence-electron chi connectivity index (χ3n) is 4.79. The molecule has 2 aliphatic rings. The maximum Gasteiger partial charge on any atom is 0.109 e. The maximum absolute atomic E-state index is 9.92. The zero-order valence-corrected chi connectivity index (χ0v) is 12.7. The van der Waals surface area contributed by atoms with Gasteiger partial charge in [0.25, 0.3) is 0 Å². The van der Waals surface area contributed by atoms with Crippen LogP contribution in [0, 0.1) is 0 Å². The first-order valence-corrected chi connectivity index (χ1v) is 8.20. The van der Waals surface area contributed by atoms with E-state index in [0.29, 0.717) is 6.54 Å². The predicted octanol–water partition coefficient (Wildman–Crippen LogP) is 0.416. The zero-order valence-electron chi connectivity index (χ0n) is 12.7. The number of aliphatic hydroxyl groups excluding tert-OH is 4. The first kappa shape index (κ1) is 16.9. The van der Waals surface area contributed by atoms with Crippen LogP contribution in [0.25, 0.3) is 0 Å². The van der Waals surface area contributed by atoms with E-state index < -0.39 is 24.4 Å². The van der Waals surface area contributed by atoms with Crippen molar-refractivity contribution in [3.8, 4) is 0 Å². The lowest BCUT2D eigenvalue weighted by atomic mass is 9.93. The summed E-state index contributed by atoms with van der Waals surface area (Å²) in [7, 11) is 0.